The molecule has 28 heavy (non-hydrogen) atoms. The number of carbonyl (C=O) groups excluding carboxylic acids is 1. The van der Waals surface area contributed by atoms with Crippen LogP contribution in [0.15, 0.2) is 42.6 Å². The van der Waals surface area contributed by atoms with Crippen molar-refractivity contribution in [2.24, 2.45) is 5.73 Å². The van der Waals surface area contributed by atoms with Crippen molar-refractivity contribution in [1.29, 1.82) is 0 Å². The van der Waals surface area contributed by atoms with Crippen molar-refractivity contribution in [3.05, 3.63) is 53.9 Å². The number of nitrogens with two attached hydrogens (primary N) is 1. The Hall–Kier alpha value is -3.59. The number of carboxylic acid groups (broad SMARTS) is 1. The number of nitrogens with zero attached hydrogens (tertiary/aromatic N) is 4. The Morgan fingerprint density at radius 3 is 2.75 bits per heavy atom. The van der Waals surface area contributed by atoms with Crippen LogP contribution >= 0.6 is 0 Å². The van der Waals surface area contributed by atoms with E-state index >= 15 is 0 Å². The second kappa shape index (κ2) is 7.20. The number of rotatable bonds is 5. The summed E-state index contributed by atoms with van der Waals surface area (Å²) in [4.78, 5) is 31.7. The van der Waals surface area contributed by atoms with E-state index in [1.807, 2.05) is 24.3 Å². The van der Waals surface area contributed by atoms with Crippen LogP contribution in [-0.4, -0.2) is 49.3 Å². The number of hydrogen-bond donors (Lipinski definition) is 3. The van der Waals surface area contributed by atoms with Gasteiger partial charge in [-0.25, -0.2) is 9.97 Å². The maximum absolute atomic E-state index is 11.9. The lowest BCUT2D eigenvalue weighted by molar-refractivity contribution is -0.138. The fourth-order valence-corrected chi connectivity index (χ4v) is 3.03. The van der Waals surface area contributed by atoms with E-state index in [0.29, 0.717) is 36.0 Å². The van der Waals surface area contributed by atoms with Gasteiger partial charge in [0.1, 0.15) is 17.4 Å². The van der Waals surface area contributed by atoms with Crippen LogP contribution in [0.2, 0.25) is 0 Å². The number of aliphatic carboxylic acids is 1. The zero-order valence-electron chi connectivity index (χ0n) is 14.9. The molecule has 1 atom stereocenters. The fourth-order valence-electron chi connectivity index (χ4n) is 3.03. The highest BCUT2D eigenvalue weighted by molar-refractivity contribution is 5.94. The van der Waals surface area contributed by atoms with Gasteiger partial charge in [-0.3, -0.25) is 14.3 Å². The molecule has 0 unspecified atom stereocenters. The Kier molecular flexibility index (Phi) is 4.58. The summed E-state index contributed by atoms with van der Waals surface area (Å²) in [6.07, 6.45) is 1.89. The molecule has 1 aliphatic heterocycles. The van der Waals surface area contributed by atoms with Crippen LogP contribution in [-0.2, 0) is 17.8 Å². The van der Waals surface area contributed by atoms with Gasteiger partial charge in [0.05, 0.1) is 12.2 Å². The smallest absolute Gasteiger partial charge is 0.320 e. The molecule has 0 spiro atoms. The molecule has 1 amide bonds. The predicted octanol–water partition coefficient (Wildman–Crippen LogP) is 0.705. The molecule has 0 bridgehead atoms. The SMILES string of the molecule is N[C@H](Cc1ccc(-c2nccc(-c3cc4n(n3)CCNC4=O)n2)cc1)C(=O)O. The van der Waals surface area contributed by atoms with E-state index < -0.39 is 12.0 Å². The van der Waals surface area contributed by atoms with Gasteiger partial charge in [0.15, 0.2) is 5.82 Å². The molecule has 1 aromatic carbocycles. The van der Waals surface area contributed by atoms with Crippen LogP contribution in [0.5, 0.6) is 0 Å². The van der Waals surface area contributed by atoms with E-state index in [-0.39, 0.29) is 12.3 Å². The standard InChI is InChI=1S/C19H18N6O3/c20-13(19(27)28)9-11-1-3-12(4-2-11)17-21-6-5-14(23-17)15-10-16-18(26)22-7-8-25(16)24-15/h1-6,10,13H,7-9,20H2,(H,22,26)(H,27,28)/t13-/m1/s1. The van der Waals surface area contributed by atoms with E-state index in [2.05, 4.69) is 20.4 Å². The van der Waals surface area contributed by atoms with Crippen LogP contribution < -0.4 is 11.1 Å². The summed E-state index contributed by atoms with van der Waals surface area (Å²) in [6, 6.07) is 9.81. The van der Waals surface area contributed by atoms with Crippen LogP contribution in [0.4, 0.5) is 0 Å². The van der Waals surface area contributed by atoms with Crippen LogP contribution in [0.25, 0.3) is 22.8 Å². The lowest BCUT2D eigenvalue weighted by Crippen LogP contribution is -2.35. The van der Waals surface area contributed by atoms with Gasteiger partial charge in [-0.2, -0.15) is 5.10 Å². The van der Waals surface area contributed by atoms with Crippen molar-refractivity contribution in [3.8, 4) is 22.8 Å². The van der Waals surface area contributed by atoms with Crippen molar-refractivity contribution in [2.75, 3.05) is 6.54 Å². The average molecular weight is 378 g/mol. The summed E-state index contributed by atoms with van der Waals surface area (Å²) < 4.78 is 1.68. The first kappa shape index (κ1) is 17.8. The van der Waals surface area contributed by atoms with Crippen molar-refractivity contribution < 1.29 is 14.7 Å². The van der Waals surface area contributed by atoms with E-state index in [0.717, 1.165) is 11.1 Å². The van der Waals surface area contributed by atoms with E-state index in [9.17, 15) is 9.59 Å². The molecule has 3 aromatic rings. The molecule has 2 aromatic heterocycles. The molecule has 142 valence electrons. The third-order valence-corrected chi connectivity index (χ3v) is 4.52. The second-order valence-electron chi connectivity index (χ2n) is 6.51. The molecule has 0 radical (unpaired) electrons. The zero-order valence-corrected chi connectivity index (χ0v) is 14.9. The van der Waals surface area contributed by atoms with Gasteiger partial charge in [-0.05, 0) is 24.1 Å². The summed E-state index contributed by atoms with van der Waals surface area (Å²) in [5.74, 6) is -0.659. The second-order valence-corrected chi connectivity index (χ2v) is 6.51. The zero-order chi connectivity index (χ0) is 19.7. The van der Waals surface area contributed by atoms with E-state index in [4.69, 9.17) is 10.8 Å². The summed E-state index contributed by atoms with van der Waals surface area (Å²) in [5, 5.41) is 16.2. The molecule has 4 rings (SSSR count). The number of amides is 1. The Bertz CT molecular complexity index is 1040. The summed E-state index contributed by atoms with van der Waals surface area (Å²) in [7, 11) is 0. The number of carbonyl (C=O) groups is 2. The topological polar surface area (TPSA) is 136 Å². The molecule has 3 heterocycles. The largest absolute Gasteiger partial charge is 0.480 e. The summed E-state index contributed by atoms with van der Waals surface area (Å²) >= 11 is 0. The highest BCUT2D eigenvalue weighted by Crippen LogP contribution is 2.22. The molecule has 0 saturated carbocycles. The minimum atomic E-state index is -1.03. The molecule has 9 heteroatoms. The van der Waals surface area contributed by atoms with Crippen molar-refractivity contribution in [3.63, 3.8) is 0 Å². The quantitative estimate of drug-likeness (QED) is 0.594. The van der Waals surface area contributed by atoms with Crippen LogP contribution in [0.3, 0.4) is 0 Å². The van der Waals surface area contributed by atoms with Gasteiger partial charge in [0, 0.05) is 18.3 Å². The average Bonchev–Trinajstić information content (AvgIpc) is 3.14. The number of nitrogens with one attached hydrogen (secondary N) is 1. The number of benzene rings is 1. The van der Waals surface area contributed by atoms with E-state index in [1.54, 1.807) is 23.0 Å². The summed E-state index contributed by atoms with van der Waals surface area (Å²) in [6.45, 7) is 1.18. The molecule has 0 saturated heterocycles. The normalized spacial score (nSPS) is 14.2. The highest BCUT2D eigenvalue weighted by atomic mass is 16.4. The van der Waals surface area contributed by atoms with Crippen molar-refractivity contribution in [1.82, 2.24) is 25.1 Å². The first-order valence-electron chi connectivity index (χ1n) is 8.78. The van der Waals surface area contributed by atoms with Gasteiger partial charge in [0.2, 0.25) is 0 Å². The Balaban J connectivity index is 1.59. The fraction of sp³-hybridized carbons (Fsp3) is 0.211. The first-order valence-corrected chi connectivity index (χ1v) is 8.78. The Morgan fingerprint density at radius 2 is 2.04 bits per heavy atom. The minimum Gasteiger partial charge on any atom is -0.480 e. The van der Waals surface area contributed by atoms with Crippen molar-refractivity contribution >= 4 is 11.9 Å². The number of fused-ring (bicyclic) bond motifs is 1. The minimum absolute atomic E-state index is 0.144. The molecule has 4 N–H and O–H groups in total. The maximum Gasteiger partial charge on any atom is 0.320 e. The molecular weight excluding hydrogens is 360 g/mol. The number of hydrogen-bond acceptors (Lipinski definition) is 6. The van der Waals surface area contributed by atoms with Gasteiger partial charge in [-0.15, -0.1) is 0 Å². The Labute approximate surface area is 160 Å². The monoisotopic (exact) mass is 378 g/mol. The van der Waals surface area contributed by atoms with Crippen LogP contribution in [0.1, 0.15) is 16.1 Å². The number of carboxylic acids is 1. The van der Waals surface area contributed by atoms with Gasteiger partial charge in [0.25, 0.3) is 5.91 Å². The van der Waals surface area contributed by atoms with Crippen molar-refractivity contribution in [2.45, 2.75) is 19.0 Å². The number of aromatic nitrogens is 4. The van der Waals surface area contributed by atoms with Gasteiger partial charge < -0.3 is 16.2 Å². The molecular formula is C19H18N6O3. The summed E-state index contributed by atoms with van der Waals surface area (Å²) in [5.41, 5.74) is 8.93. The Morgan fingerprint density at radius 1 is 1.25 bits per heavy atom. The predicted molar refractivity (Wildman–Crippen MR) is 100 cm³/mol. The van der Waals surface area contributed by atoms with Crippen LogP contribution in [0, 0.1) is 0 Å². The first-order chi connectivity index (χ1) is 13.5. The lowest BCUT2D eigenvalue weighted by Gasteiger charge is -2.13. The molecule has 0 aliphatic carbocycles. The highest BCUT2D eigenvalue weighted by Gasteiger charge is 2.20. The molecule has 0 fully saturated rings. The third-order valence-electron chi connectivity index (χ3n) is 4.52. The van der Waals surface area contributed by atoms with Gasteiger partial charge in [-0.1, -0.05) is 24.3 Å². The molecule has 1 aliphatic rings. The maximum atomic E-state index is 11.9. The van der Waals surface area contributed by atoms with E-state index in [1.165, 1.54) is 0 Å². The molecule has 9 nitrogen and oxygen atoms in total. The van der Waals surface area contributed by atoms with Gasteiger partial charge >= 0.3 is 5.97 Å². The third kappa shape index (κ3) is 3.47. The lowest BCUT2D eigenvalue weighted by atomic mass is 10.0.